The van der Waals surface area contributed by atoms with Gasteiger partial charge in [-0.15, -0.1) is 0 Å². The number of hydrogen-bond donors (Lipinski definition) is 0. The molecular formula is C15H17NO. The molecule has 4 rings (SSSR count). The van der Waals surface area contributed by atoms with Gasteiger partial charge in [0.1, 0.15) is 0 Å². The Hall–Kier alpha value is -1.31. The van der Waals surface area contributed by atoms with Gasteiger partial charge >= 0.3 is 0 Å². The second-order valence-electron chi connectivity index (χ2n) is 5.80. The molecule has 0 N–H and O–H groups in total. The molecule has 2 saturated carbocycles. The molecule has 1 aromatic rings. The van der Waals surface area contributed by atoms with E-state index in [1.165, 1.54) is 24.8 Å². The standard InChI is InChI=1S/C15H17NO/c17-15-13-11-6-7-12(8-11)14(13)16(15)9-10-4-2-1-3-5-10/h1-5,11-14H,6-9H2/t11-,12-,13-,14-/m0/s1. The van der Waals surface area contributed by atoms with Gasteiger partial charge in [-0.05, 0) is 36.7 Å². The van der Waals surface area contributed by atoms with Crippen molar-refractivity contribution in [1.29, 1.82) is 0 Å². The molecule has 0 spiro atoms. The summed E-state index contributed by atoms with van der Waals surface area (Å²) in [7, 11) is 0. The van der Waals surface area contributed by atoms with Gasteiger partial charge in [0.25, 0.3) is 0 Å². The fourth-order valence-electron chi connectivity index (χ4n) is 4.28. The van der Waals surface area contributed by atoms with Crippen molar-refractivity contribution < 1.29 is 4.79 Å². The lowest BCUT2D eigenvalue weighted by molar-refractivity contribution is -0.161. The van der Waals surface area contributed by atoms with Crippen molar-refractivity contribution in [2.24, 2.45) is 17.8 Å². The summed E-state index contributed by atoms with van der Waals surface area (Å²) in [4.78, 5) is 14.3. The molecule has 1 saturated heterocycles. The minimum atomic E-state index is 0.400. The van der Waals surface area contributed by atoms with Crippen molar-refractivity contribution in [2.75, 3.05) is 0 Å². The zero-order valence-electron chi connectivity index (χ0n) is 9.88. The van der Waals surface area contributed by atoms with E-state index >= 15 is 0 Å². The molecule has 2 bridgehead atoms. The van der Waals surface area contributed by atoms with E-state index in [1.54, 1.807) is 0 Å². The van der Waals surface area contributed by atoms with E-state index in [0.717, 1.165) is 18.4 Å². The summed E-state index contributed by atoms with van der Waals surface area (Å²) in [6.07, 6.45) is 3.97. The third-order valence-corrected chi connectivity index (χ3v) is 5.00. The van der Waals surface area contributed by atoms with Crippen LogP contribution in [0.15, 0.2) is 30.3 Å². The molecule has 3 fully saturated rings. The maximum atomic E-state index is 12.2. The third-order valence-electron chi connectivity index (χ3n) is 5.00. The quantitative estimate of drug-likeness (QED) is 0.711. The van der Waals surface area contributed by atoms with Crippen LogP contribution in [0.5, 0.6) is 0 Å². The number of amides is 1. The normalized spacial score (nSPS) is 38.1. The Kier molecular flexibility index (Phi) is 1.91. The number of rotatable bonds is 2. The third kappa shape index (κ3) is 1.24. The minimum Gasteiger partial charge on any atom is -0.334 e. The minimum absolute atomic E-state index is 0.400. The summed E-state index contributed by atoms with van der Waals surface area (Å²) in [6, 6.07) is 11.0. The maximum absolute atomic E-state index is 12.2. The Balaban J connectivity index is 1.55. The van der Waals surface area contributed by atoms with Crippen LogP contribution in [0.25, 0.3) is 0 Å². The molecule has 1 aliphatic heterocycles. The number of benzene rings is 1. The zero-order chi connectivity index (χ0) is 11.4. The highest BCUT2D eigenvalue weighted by Crippen LogP contribution is 2.56. The van der Waals surface area contributed by atoms with Gasteiger partial charge in [-0.2, -0.15) is 0 Å². The first-order chi connectivity index (χ1) is 8.34. The van der Waals surface area contributed by atoms with Crippen LogP contribution in [-0.2, 0) is 11.3 Å². The lowest BCUT2D eigenvalue weighted by atomic mass is 9.76. The predicted octanol–water partition coefficient (Wildman–Crippen LogP) is 2.44. The Morgan fingerprint density at radius 1 is 1.12 bits per heavy atom. The van der Waals surface area contributed by atoms with Crippen LogP contribution >= 0.6 is 0 Å². The van der Waals surface area contributed by atoms with E-state index in [2.05, 4.69) is 29.2 Å². The number of nitrogens with zero attached hydrogens (tertiary/aromatic N) is 1. The molecule has 4 atom stereocenters. The van der Waals surface area contributed by atoms with Crippen LogP contribution in [0.4, 0.5) is 0 Å². The number of hydrogen-bond acceptors (Lipinski definition) is 1. The smallest absolute Gasteiger partial charge is 0.228 e. The van der Waals surface area contributed by atoms with E-state index in [-0.39, 0.29) is 0 Å². The van der Waals surface area contributed by atoms with E-state index in [4.69, 9.17) is 0 Å². The van der Waals surface area contributed by atoms with E-state index in [1.807, 2.05) is 6.07 Å². The fraction of sp³-hybridized carbons (Fsp3) is 0.533. The lowest BCUT2D eigenvalue weighted by Crippen LogP contribution is -2.62. The largest absolute Gasteiger partial charge is 0.334 e. The first kappa shape index (κ1) is 9.69. The molecule has 2 aliphatic carbocycles. The molecule has 1 amide bonds. The van der Waals surface area contributed by atoms with Crippen LogP contribution in [0.2, 0.25) is 0 Å². The van der Waals surface area contributed by atoms with Crippen molar-refractivity contribution in [3.63, 3.8) is 0 Å². The summed E-state index contributed by atoms with van der Waals surface area (Å²) < 4.78 is 0. The van der Waals surface area contributed by atoms with Gasteiger partial charge in [0.05, 0.1) is 5.92 Å². The molecule has 0 aromatic heterocycles. The summed E-state index contributed by atoms with van der Waals surface area (Å²) in [5, 5.41) is 0. The number of β-lactam (4-membered cyclic amide) rings is 1. The molecule has 1 heterocycles. The SMILES string of the molecule is O=C1[C@H]2[C@H]3CC[C@@H](C3)[C@@H]2N1Cc1ccccc1. The highest BCUT2D eigenvalue weighted by Gasteiger charge is 2.61. The van der Waals surface area contributed by atoms with Crippen molar-refractivity contribution in [2.45, 2.75) is 31.8 Å². The van der Waals surface area contributed by atoms with Crippen LogP contribution in [0.1, 0.15) is 24.8 Å². The maximum Gasteiger partial charge on any atom is 0.228 e. The van der Waals surface area contributed by atoms with E-state index < -0.39 is 0 Å². The van der Waals surface area contributed by atoms with Gasteiger partial charge < -0.3 is 4.90 Å². The molecule has 3 aliphatic rings. The highest BCUT2D eigenvalue weighted by molar-refractivity contribution is 5.87. The number of carbonyl (C=O) groups is 1. The van der Waals surface area contributed by atoms with Gasteiger partial charge in [-0.3, -0.25) is 4.79 Å². The molecule has 0 unspecified atom stereocenters. The van der Waals surface area contributed by atoms with Gasteiger partial charge in [0, 0.05) is 12.6 Å². The fourth-order valence-corrected chi connectivity index (χ4v) is 4.28. The second kappa shape index (κ2) is 3.34. The summed E-state index contributed by atoms with van der Waals surface area (Å²) in [6.45, 7) is 0.823. The van der Waals surface area contributed by atoms with Crippen LogP contribution < -0.4 is 0 Å². The zero-order valence-corrected chi connectivity index (χ0v) is 9.88. The average Bonchev–Trinajstić information content (AvgIpc) is 2.95. The van der Waals surface area contributed by atoms with Gasteiger partial charge in [-0.1, -0.05) is 30.3 Å². The molecule has 1 aromatic carbocycles. The van der Waals surface area contributed by atoms with E-state index in [0.29, 0.717) is 17.9 Å². The number of likely N-dealkylation sites (tertiary alicyclic amines) is 1. The average molecular weight is 227 g/mol. The Morgan fingerprint density at radius 2 is 1.88 bits per heavy atom. The van der Waals surface area contributed by atoms with Gasteiger partial charge in [-0.25, -0.2) is 0 Å². The Labute approximate surface area is 102 Å². The van der Waals surface area contributed by atoms with Crippen LogP contribution in [0.3, 0.4) is 0 Å². The Bertz CT molecular complexity index is 455. The molecule has 17 heavy (non-hydrogen) atoms. The van der Waals surface area contributed by atoms with Crippen molar-refractivity contribution in [3.05, 3.63) is 35.9 Å². The van der Waals surface area contributed by atoms with Crippen LogP contribution in [0, 0.1) is 17.8 Å². The van der Waals surface area contributed by atoms with Crippen LogP contribution in [-0.4, -0.2) is 16.8 Å². The van der Waals surface area contributed by atoms with Gasteiger partial charge in [0.2, 0.25) is 5.91 Å². The first-order valence-corrected chi connectivity index (χ1v) is 6.69. The summed E-state index contributed by atoms with van der Waals surface area (Å²) in [5.41, 5.74) is 1.27. The van der Waals surface area contributed by atoms with Crippen molar-refractivity contribution in [3.8, 4) is 0 Å². The Morgan fingerprint density at radius 3 is 2.71 bits per heavy atom. The van der Waals surface area contributed by atoms with E-state index in [9.17, 15) is 4.79 Å². The predicted molar refractivity (Wildman–Crippen MR) is 65.1 cm³/mol. The molecule has 2 nitrogen and oxygen atoms in total. The summed E-state index contributed by atoms with van der Waals surface area (Å²) >= 11 is 0. The number of carbonyl (C=O) groups excluding carboxylic acids is 1. The van der Waals surface area contributed by atoms with Crippen molar-refractivity contribution in [1.82, 2.24) is 4.90 Å². The first-order valence-electron chi connectivity index (χ1n) is 6.69. The highest BCUT2D eigenvalue weighted by atomic mass is 16.2. The molecule has 88 valence electrons. The lowest BCUT2D eigenvalue weighted by Gasteiger charge is -2.49. The summed E-state index contributed by atoms with van der Waals surface area (Å²) in [5.74, 6) is 2.36. The molecular weight excluding hydrogens is 210 g/mol. The van der Waals surface area contributed by atoms with Gasteiger partial charge in [0.15, 0.2) is 0 Å². The molecule has 2 heteroatoms. The topological polar surface area (TPSA) is 20.3 Å². The van der Waals surface area contributed by atoms with Crippen molar-refractivity contribution >= 4 is 5.91 Å². The monoisotopic (exact) mass is 227 g/mol. The second-order valence-corrected chi connectivity index (χ2v) is 5.80. The molecule has 0 radical (unpaired) electrons. The number of fused-ring (bicyclic) bond motifs is 5.